The van der Waals surface area contributed by atoms with Gasteiger partial charge in [0, 0.05) is 12.6 Å². The van der Waals surface area contributed by atoms with Gasteiger partial charge in [-0.15, -0.1) is 0 Å². The molecule has 0 bridgehead atoms. The van der Waals surface area contributed by atoms with Gasteiger partial charge in [-0.1, -0.05) is 6.07 Å². The third-order valence-electron chi connectivity index (χ3n) is 3.27. The summed E-state index contributed by atoms with van der Waals surface area (Å²) < 4.78 is 5.48. The molecule has 4 nitrogen and oxygen atoms in total. The Morgan fingerprint density at radius 2 is 2.28 bits per heavy atom. The summed E-state index contributed by atoms with van der Waals surface area (Å²) in [5.41, 5.74) is 2.40. The summed E-state index contributed by atoms with van der Waals surface area (Å²) in [6, 6.07) is 6.11. The van der Waals surface area contributed by atoms with Crippen LogP contribution in [0.5, 0.6) is 5.75 Å². The Balaban J connectivity index is 1.79. The molecule has 1 fully saturated rings. The Hall–Kier alpha value is -1.55. The smallest absolute Gasteiger partial charge is 0.258 e. The van der Waals surface area contributed by atoms with Crippen molar-refractivity contribution in [2.75, 3.05) is 19.7 Å². The number of rotatable bonds is 4. The van der Waals surface area contributed by atoms with Gasteiger partial charge in [0.1, 0.15) is 5.75 Å². The van der Waals surface area contributed by atoms with E-state index in [1.54, 1.807) is 0 Å². The van der Waals surface area contributed by atoms with Crippen LogP contribution in [0.2, 0.25) is 0 Å². The third-order valence-corrected chi connectivity index (χ3v) is 3.27. The molecule has 1 heterocycles. The Labute approximate surface area is 108 Å². The van der Waals surface area contributed by atoms with Crippen LogP contribution in [0.1, 0.15) is 17.5 Å². The number of amides is 1. The van der Waals surface area contributed by atoms with E-state index in [2.05, 4.69) is 17.6 Å². The van der Waals surface area contributed by atoms with Crippen molar-refractivity contribution in [2.45, 2.75) is 26.3 Å². The second-order valence-electron chi connectivity index (χ2n) is 4.79. The number of ether oxygens (including phenoxy) is 1. The Morgan fingerprint density at radius 1 is 1.44 bits per heavy atom. The van der Waals surface area contributed by atoms with Gasteiger partial charge in [0.15, 0.2) is 6.61 Å². The number of hydrogen-bond donors (Lipinski definition) is 2. The molecule has 98 valence electrons. The van der Waals surface area contributed by atoms with E-state index in [0.29, 0.717) is 0 Å². The van der Waals surface area contributed by atoms with E-state index in [1.807, 2.05) is 25.1 Å². The van der Waals surface area contributed by atoms with Gasteiger partial charge in [0.2, 0.25) is 0 Å². The molecule has 0 saturated carbocycles. The molecule has 1 aromatic rings. The summed E-state index contributed by atoms with van der Waals surface area (Å²) in [6.45, 7) is 6.00. The fourth-order valence-electron chi connectivity index (χ4n) is 2.00. The topological polar surface area (TPSA) is 50.4 Å². The van der Waals surface area contributed by atoms with Crippen LogP contribution < -0.4 is 15.4 Å². The maximum atomic E-state index is 11.7. The average molecular weight is 248 g/mol. The molecule has 4 heteroatoms. The average Bonchev–Trinajstić information content (AvgIpc) is 2.83. The van der Waals surface area contributed by atoms with Crippen LogP contribution in [0.15, 0.2) is 18.2 Å². The molecule has 1 atom stereocenters. The summed E-state index contributed by atoms with van der Waals surface area (Å²) in [5.74, 6) is 0.694. The van der Waals surface area contributed by atoms with Crippen LogP contribution in [0, 0.1) is 13.8 Å². The van der Waals surface area contributed by atoms with E-state index in [4.69, 9.17) is 4.74 Å². The van der Waals surface area contributed by atoms with Gasteiger partial charge in [0.25, 0.3) is 5.91 Å². The predicted molar refractivity (Wildman–Crippen MR) is 70.8 cm³/mol. The fraction of sp³-hybridized carbons (Fsp3) is 0.500. The van der Waals surface area contributed by atoms with E-state index in [-0.39, 0.29) is 18.6 Å². The number of carbonyl (C=O) groups excluding carboxylic acids is 1. The highest BCUT2D eigenvalue weighted by Gasteiger charge is 2.16. The fourth-order valence-corrected chi connectivity index (χ4v) is 2.00. The van der Waals surface area contributed by atoms with Crippen molar-refractivity contribution in [1.82, 2.24) is 10.6 Å². The zero-order chi connectivity index (χ0) is 13.0. The van der Waals surface area contributed by atoms with Crippen LogP contribution in [-0.2, 0) is 4.79 Å². The van der Waals surface area contributed by atoms with Gasteiger partial charge in [-0.05, 0) is 50.1 Å². The third kappa shape index (κ3) is 3.47. The molecule has 2 rings (SSSR count). The summed E-state index contributed by atoms with van der Waals surface area (Å²) >= 11 is 0. The van der Waals surface area contributed by atoms with E-state index >= 15 is 0 Å². The van der Waals surface area contributed by atoms with Crippen molar-refractivity contribution in [2.24, 2.45) is 0 Å². The van der Waals surface area contributed by atoms with Crippen molar-refractivity contribution in [3.8, 4) is 5.75 Å². The first-order valence-corrected chi connectivity index (χ1v) is 6.35. The predicted octanol–water partition coefficient (Wildman–Crippen LogP) is 1.16. The second-order valence-corrected chi connectivity index (χ2v) is 4.79. The number of benzene rings is 1. The lowest BCUT2D eigenvalue weighted by Crippen LogP contribution is -2.39. The highest BCUT2D eigenvalue weighted by molar-refractivity contribution is 5.77. The lowest BCUT2D eigenvalue weighted by molar-refractivity contribution is -0.123. The number of carbonyl (C=O) groups is 1. The highest BCUT2D eigenvalue weighted by atomic mass is 16.5. The summed E-state index contributed by atoms with van der Waals surface area (Å²) in [7, 11) is 0. The lowest BCUT2D eigenvalue weighted by atomic mass is 10.1. The van der Waals surface area contributed by atoms with Crippen molar-refractivity contribution in [3.63, 3.8) is 0 Å². The molecule has 0 aromatic heterocycles. The minimum atomic E-state index is -0.0538. The Bertz CT molecular complexity index is 426. The van der Waals surface area contributed by atoms with Crippen LogP contribution in [-0.4, -0.2) is 31.6 Å². The van der Waals surface area contributed by atoms with E-state index < -0.39 is 0 Å². The van der Waals surface area contributed by atoms with Crippen LogP contribution >= 0.6 is 0 Å². The molecule has 0 radical (unpaired) electrons. The number of nitrogens with one attached hydrogen (secondary N) is 2. The normalized spacial score (nSPS) is 18.7. The van der Waals surface area contributed by atoms with Gasteiger partial charge >= 0.3 is 0 Å². The van der Waals surface area contributed by atoms with Crippen molar-refractivity contribution in [3.05, 3.63) is 29.3 Å². The second kappa shape index (κ2) is 5.87. The minimum Gasteiger partial charge on any atom is -0.484 e. The molecule has 0 spiro atoms. The Morgan fingerprint density at radius 3 is 2.94 bits per heavy atom. The van der Waals surface area contributed by atoms with Gasteiger partial charge < -0.3 is 15.4 Å². The van der Waals surface area contributed by atoms with Crippen molar-refractivity contribution >= 4 is 5.91 Å². The molecular weight excluding hydrogens is 228 g/mol. The molecule has 1 saturated heterocycles. The molecule has 1 unspecified atom stereocenters. The zero-order valence-corrected chi connectivity index (χ0v) is 11.0. The molecule has 2 N–H and O–H groups in total. The van der Waals surface area contributed by atoms with Crippen LogP contribution in [0.25, 0.3) is 0 Å². The first-order chi connectivity index (χ1) is 8.65. The van der Waals surface area contributed by atoms with Crippen molar-refractivity contribution in [1.29, 1.82) is 0 Å². The molecule has 1 aliphatic rings. The molecule has 1 aromatic carbocycles. The van der Waals surface area contributed by atoms with Crippen LogP contribution in [0.4, 0.5) is 0 Å². The van der Waals surface area contributed by atoms with E-state index in [9.17, 15) is 4.79 Å². The number of hydrogen-bond acceptors (Lipinski definition) is 3. The first kappa shape index (κ1) is 12.9. The standard InChI is InChI=1S/C14H20N2O2/c1-10-3-4-13(7-11(10)2)18-9-14(17)16-12-5-6-15-8-12/h3-4,7,12,15H,5-6,8-9H2,1-2H3,(H,16,17). The van der Waals surface area contributed by atoms with Gasteiger partial charge in [-0.25, -0.2) is 0 Å². The summed E-state index contributed by atoms with van der Waals surface area (Å²) in [4.78, 5) is 11.7. The quantitative estimate of drug-likeness (QED) is 0.840. The Kier molecular flexibility index (Phi) is 4.20. The van der Waals surface area contributed by atoms with Gasteiger partial charge in [0.05, 0.1) is 0 Å². The highest BCUT2D eigenvalue weighted by Crippen LogP contribution is 2.16. The lowest BCUT2D eigenvalue weighted by Gasteiger charge is -2.12. The monoisotopic (exact) mass is 248 g/mol. The zero-order valence-electron chi connectivity index (χ0n) is 11.0. The molecular formula is C14H20N2O2. The summed E-state index contributed by atoms with van der Waals surface area (Å²) in [5, 5.41) is 6.16. The number of aryl methyl sites for hydroxylation is 2. The molecule has 1 aliphatic heterocycles. The molecule has 1 amide bonds. The first-order valence-electron chi connectivity index (χ1n) is 6.35. The van der Waals surface area contributed by atoms with E-state index in [0.717, 1.165) is 25.3 Å². The summed E-state index contributed by atoms with van der Waals surface area (Å²) in [6.07, 6.45) is 0.995. The van der Waals surface area contributed by atoms with Gasteiger partial charge in [-0.2, -0.15) is 0 Å². The SMILES string of the molecule is Cc1ccc(OCC(=O)NC2CCNC2)cc1C. The van der Waals surface area contributed by atoms with Gasteiger partial charge in [-0.3, -0.25) is 4.79 Å². The maximum absolute atomic E-state index is 11.7. The molecule has 18 heavy (non-hydrogen) atoms. The maximum Gasteiger partial charge on any atom is 0.258 e. The van der Waals surface area contributed by atoms with Crippen molar-refractivity contribution < 1.29 is 9.53 Å². The minimum absolute atomic E-state index is 0.0538. The largest absolute Gasteiger partial charge is 0.484 e. The van der Waals surface area contributed by atoms with E-state index in [1.165, 1.54) is 11.1 Å². The molecule has 0 aliphatic carbocycles. The van der Waals surface area contributed by atoms with Crippen LogP contribution in [0.3, 0.4) is 0 Å².